The number of nitrogens with zero attached hydrogens (tertiary/aromatic N) is 1. The first kappa shape index (κ1) is 18.9. The molecule has 148 valence electrons. The van der Waals surface area contributed by atoms with Crippen molar-refractivity contribution in [1.82, 2.24) is 15.5 Å². The SMILES string of the molecule is CC1CC(C)CN(Cc2ccccc2CNC(=O)C2CC23CCNCC3)C1. The Bertz CT molecular complexity index is 657. The predicted molar refractivity (Wildman–Crippen MR) is 109 cm³/mol. The maximum absolute atomic E-state index is 12.7. The fourth-order valence-corrected chi connectivity index (χ4v) is 5.55. The third-order valence-corrected chi connectivity index (χ3v) is 7.02. The Morgan fingerprint density at radius 1 is 1.15 bits per heavy atom. The average molecular weight is 370 g/mol. The van der Waals surface area contributed by atoms with E-state index in [-0.39, 0.29) is 11.8 Å². The lowest BCUT2D eigenvalue weighted by Crippen LogP contribution is -2.38. The van der Waals surface area contributed by atoms with Crippen LogP contribution in [0.15, 0.2) is 24.3 Å². The van der Waals surface area contributed by atoms with Gasteiger partial charge in [0.05, 0.1) is 0 Å². The third kappa shape index (κ3) is 4.38. The van der Waals surface area contributed by atoms with Gasteiger partial charge in [-0.2, -0.15) is 0 Å². The molecule has 1 aromatic carbocycles. The summed E-state index contributed by atoms with van der Waals surface area (Å²) in [6.45, 7) is 10.9. The molecule has 3 atom stereocenters. The highest BCUT2D eigenvalue weighted by Gasteiger charge is 2.57. The summed E-state index contributed by atoms with van der Waals surface area (Å²) >= 11 is 0. The Labute approximate surface area is 164 Å². The summed E-state index contributed by atoms with van der Waals surface area (Å²) in [7, 11) is 0. The minimum Gasteiger partial charge on any atom is -0.352 e. The summed E-state index contributed by atoms with van der Waals surface area (Å²) < 4.78 is 0. The first-order valence-corrected chi connectivity index (χ1v) is 10.8. The van der Waals surface area contributed by atoms with Crippen molar-refractivity contribution >= 4 is 5.91 Å². The number of rotatable bonds is 5. The number of benzene rings is 1. The summed E-state index contributed by atoms with van der Waals surface area (Å²) in [5.74, 6) is 2.07. The van der Waals surface area contributed by atoms with Gasteiger partial charge in [0.25, 0.3) is 0 Å². The number of hydrogen-bond acceptors (Lipinski definition) is 3. The molecule has 1 aromatic rings. The summed E-state index contributed by atoms with van der Waals surface area (Å²) in [4.78, 5) is 15.3. The molecule has 27 heavy (non-hydrogen) atoms. The number of carbonyl (C=O) groups is 1. The van der Waals surface area contributed by atoms with Crippen molar-refractivity contribution in [3.8, 4) is 0 Å². The molecule has 0 bridgehead atoms. The molecule has 2 heterocycles. The van der Waals surface area contributed by atoms with Gasteiger partial charge in [-0.3, -0.25) is 9.69 Å². The summed E-state index contributed by atoms with van der Waals surface area (Å²) in [5.41, 5.74) is 2.96. The highest BCUT2D eigenvalue weighted by Crippen LogP contribution is 2.58. The summed E-state index contributed by atoms with van der Waals surface area (Å²) in [6.07, 6.45) is 4.75. The van der Waals surface area contributed by atoms with Gasteiger partial charge < -0.3 is 10.6 Å². The van der Waals surface area contributed by atoms with Crippen molar-refractivity contribution in [1.29, 1.82) is 0 Å². The van der Waals surface area contributed by atoms with Crippen molar-refractivity contribution in [2.24, 2.45) is 23.2 Å². The smallest absolute Gasteiger partial charge is 0.223 e. The highest BCUT2D eigenvalue weighted by atomic mass is 16.2. The quantitative estimate of drug-likeness (QED) is 0.838. The van der Waals surface area contributed by atoms with E-state index >= 15 is 0 Å². The Kier molecular flexibility index (Phi) is 5.56. The largest absolute Gasteiger partial charge is 0.352 e. The van der Waals surface area contributed by atoms with Gasteiger partial charge in [0.15, 0.2) is 0 Å². The third-order valence-electron chi connectivity index (χ3n) is 7.02. The maximum atomic E-state index is 12.7. The van der Waals surface area contributed by atoms with Gasteiger partial charge >= 0.3 is 0 Å². The maximum Gasteiger partial charge on any atom is 0.223 e. The second-order valence-corrected chi connectivity index (χ2v) is 9.50. The van der Waals surface area contributed by atoms with Crippen LogP contribution in [0, 0.1) is 23.2 Å². The molecule has 2 aliphatic heterocycles. The van der Waals surface area contributed by atoms with E-state index in [4.69, 9.17) is 0 Å². The zero-order chi connectivity index (χ0) is 18.9. The molecular formula is C23H35N3O. The highest BCUT2D eigenvalue weighted by molar-refractivity contribution is 5.82. The van der Waals surface area contributed by atoms with Crippen LogP contribution in [0.3, 0.4) is 0 Å². The van der Waals surface area contributed by atoms with Crippen molar-refractivity contribution < 1.29 is 4.79 Å². The van der Waals surface area contributed by atoms with Crippen LogP contribution >= 0.6 is 0 Å². The van der Waals surface area contributed by atoms with E-state index in [9.17, 15) is 4.79 Å². The molecule has 4 rings (SSSR count). The van der Waals surface area contributed by atoms with Gasteiger partial charge in [-0.25, -0.2) is 0 Å². The number of hydrogen-bond donors (Lipinski definition) is 2. The number of likely N-dealkylation sites (tertiary alicyclic amines) is 1. The number of piperidine rings is 2. The topological polar surface area (TPSA) is 44.4 Å². The van der Waals surface area contributed by atoms with E-state index in [2.05, 4.69) is 53.6 Å². The lowest BCUT2D eigenvalue weighted by molar-refractivity contribution is -0.123. The molecular weight excluding hydrogens is 334 g/mol. The van der Waals surface area contributed by atoms with E-state index in [1.54, 1.807) is 0 Å². The average Bonchev–Trinajstić information content (AvgIpc) is 3.33. The lowest BCUT2D eigenvalue weighted by Gasteiger charge is -2.35. The van der Waals surface area contributed by atoms with Gasteiger partial charge in [0.1, 0.15) is 0 Å². The second-order valence-electron chi connectivity index (χ2n) is 9.50. The lowest BCUT2D eigenvalue weighted by atomic mass is 9.91. The molecule has 3 aliphatic rings. The Hall–Kier alpha value is -1.39. The minimum atomic E-state index is 0.246. The van der Waals surface area contributed by atoms with E-state index < -0.39 is 0 Å². The van der Waals surface area contributed by atoms with Crippen molar-refractivity contribution in [3.05, 3.63) is 35.4 Å². The fourth-order valence-electron chi connectivity index (χ4n) is 5.55. The van der Waals surface area contributed by atoms with Gasteiger partial charge in [0.2, 0.25) is 5.91 Å². The van der Waals surface area contributed by atoms with E-state index in [1.165, 1.54) is 30.6 Å². The molecule has 2 N–H and O–H groups in total. The predicted octanol–water partition coefficient (Wildman–Crippen LogP) is 3.17. The van der Waals surface area contributed by atoms with Gasteiger partial charge in [-0.1, -0.05) is 38.1 Å². The van der Waals surface area contributed by atoms with Crippen LogP contribution in [0.1, 0.15) is 50.7 Å². The molecule has 1 saturated carbocycles. The summed E-state index contributed by atoms with van der Waals surface area (Å²) in [5, 5.41) is 6.66. The van der Waals surface area contributed by atoms with Crippen LogP contribution in [0.25, 0.3) is 0 Å². The Morgan fingerprint density at radius 2 is 1.81 bits per heavy atom. The molecule has 1 aliphatic carbocycles. The molecule has 0 radical (unpaired) electrons. The fraction of sp³-hybridized carbons (Fsp3) is 0.696. The first-order chi connectivity index (χ1) is 13.1. The zero-order valence-corrected chi connectivity index (χ0v) is 17.0. The van der Waals surface area contributed by atoms with E-state index in [1.807, 2.05) is 0 Å². The second kappa shape index (κ2) is 7.92. The molecule has 1 amide bonds. The molecule has 2 saturated heterocycles. The Morgan fingerprint density at radius 3 is 2.52 bits per heavy atom. The normalized spacial score (nSPS) is 30.2. The molecule has 4 heteroatoms. The van der Waals surface area contributed by atoms with Crippen molar-refractivity contribution in [3.63, 3.8) is 0 Å². The van der Waals surface area contributed by atoms with Crippen molar-refractivity contribution in [2.75, 3.05) is 26.2 Å². The molecule has 4 nitrogen and oxygen atoms in total. The van der Waals surface area contributed by atoms with E-state index in [0.717, 1.165) is 50.7 Å². The molecule has 0 aromatic heterocycles. The van der Waals surface area contributed by atoms with Crippen molar-refractivity contribution in [2.45, 2.75) is 52.6 Å². The minimum absolute atomic E-state index is 0.246. The zero-order valence-electron chi connectivity index (χ0n) is 17.0. The van der Waals surface area contributed by atoms with Crippen LogP contribution in [-0.2, 0) is 17.9 Å². The van der Waals surface area contributed by atoms with Crippen LogP contribution < -0.4 is 10.6 Å². The number of carbonyl (C=O) groups excluding carboxylic acids is 1. The van der Waals surface area contributed by atoms with Gasteiger partial charge in [0, 0.05) is 32.1 Å². The van der Waals surface area contributed by atoms with Gasteiger partial charge in [-0.05, 0) is 67.2 Å². The van der Waals surface area contributed by atoms with Gasteiger partial charge in [-0.15, -0.1) is 0 Å². The number of amides is 1. The monoisotopic (exact) mass is 369 g/mol. The molecule has 3 fully saturated rings. The molecule has 1 spiro atoms. The summed E-state index contributed by atoms with van der Waals surface area (Å²) in [6, 6.07) is 8.64. The number of nitrogens with one attached hydrogen (secondary N) is 2. The van der Waals surface area contributed by atoms with Crippen LogP contribution in [0.5, 0.6) is 0 Å². The van der Waals surface area contributed by atoms with Crippen LogP contribution in [0.2, 0.25) is 0 Å². The Balaban J connectivity index is 1.34. The molecule has 3 unspecified atom stereocenters. The van der Waals surface area contributed by atoms with Crippen LogP contribution in [-0.4, -0.2) is 37.0 Å². The first-order valence-electron chi connectivity index (χ1n) is 10.8. The van der Waals surface area contributed by atoms with Crippen LogP contribution in [0.4, 0.5) is 0 Å². The standard InChI is InChI=1S/C23H35N3O/c1-17-11-18(2)15-26(14-17)16-20-6-4-3-5-19(20)13-25-22(27)21-12-23(21)7-9-24-10-8-23/h3-6,17-18,21,24H,7-16H2,1-2H3,(H,25,27). The van der Waals surface area contributed by atoms with E-state index in [0.29, 0.717) is 12.0 Å².